The van der Waals surface area contributed by atoms with Gasteiger partial charge in [0.25, 0.3) is 0 Å². The number of piperazine rings is 1. The summed E-state index contributed by atoms with van der Waals surface area (Å²) in [7, 11) is 3.65. The molecule has 2 aromatic heterocycles. The number of furan rings is 1. The molecule has 1 atom stereocenters. The highest BCUT2D eigenvalue weighted by Gasteiger charge is 2.32. The lowest BCUT2D eigenvalue weighted by Crippen LogP contribution is -2.56. The summed E-state index contributed by atoms with van der Waals surface area (Å²) in [4.78, 5) is 28.7. The second-order valence-corrected chi connectivity index (χ2v) is 7.08. The average molecular weight is 373 g/mol. The minimum atomic E-state index is -0.475. The molecule has 0 radical (unpaired) electrons. The molecule has 0 aromatic carbocycles. The predicted molar refractivity (Wildman–Crippen MR) is 99.8 cm³/mol. The number of likely N-dealkylation sites (N-methyl/N-ethyl adjacent to an activating group) is 1. The van der Waals surface area contributed by atoms with Crippen molar-refractivity contribution in [2.45, 2.75) is 32.4 Å². The van der Waals surface area contributed by atoms with Gasteiger partial charge in [0.15, 0.2) is 0 Å². The summed E-state index contributed by atoms with van der Waals surface area (Å²) in [5, 5.41) is 7.00. The largest absolute Gasteiger partial charge is 0.465 e. The van der Waals surface area contributed by atoms with E-state index >= 15 is 0 Å². The van der Waals surface area contributed by atoms with Crippen LogP contribution in [0.5, 0.6) is 0 Å². The third kappa shape index (κ3) is 4.97. The number of nitrogens with zero attached hydrogens (tertiary/aromatic N) is 4. The average Bonchev–Trinajstić information content (AvgIpc) is 3.23. The topological polar surface area (TPSA) is 83.6 Å². The van der Waals surface area contributed by atoms with Gasteiger partial charge in [0.05, 0.1) is 25.2 Å². The van der Waals surface area contributed by atoms with Crippen LogP contribution in [-0.2, 0) is 29.6 Å². The van der Waals surface area contributed by atoms with Gasteiger partial charge in [-0.3, -0.25) is 19.2 Å². The zero-order valence-electron chi connectivity index (χ0n) is 16.1. The van der Waals surface area contributed by atoms with Crippen molar-refractivity contribution in [1.29, 1.82) is 0 Å². The number of aryl methyl sites for hydroxylation is 2. The molecule has 3 rings (SSSR count). The molecule has 1 saturated heterocycles. The van der Waals surface area contributed by atoms with Crippen molar-refractivity contribution in [1.82, 2.24) is 24.9 Å². The summed E-state index contributed by atoms with van der Waals surface area (Å²) in [6.45, 7) is 4.29. The van der Waals surface area contributed by atoms with Crippen LogP contribution in [0, 0.1) is 6.92 Å². The first-order chi connectivity index (χ1) is 12.9. The van der Waals surface area contributed by atoms with Gasteiger partial charge in [-0.2, -0.15) is 5.10 Å². The molecule has 3 heterocycles. The first kappa shape index (κ1) is 19.2. The fourth-order valence-corrected chi connectivity index (χ4v) is 3.29. The van der Waals surface area contributed by atoms with E-state index in [9.17, 15) is 9.59 Å². The Morgan fingerprint density at radius 2 is 2.26 bits per heavy atom. The fourth-order valence-electron chi connectivity index (χ4n) is 3.29. The number of aromatic nitrogens is 2. The van der Waals surface area contributed by atoms with Gasteiger partial charge in [0.2, 0.25) is 11.8 Å². The van der Waals surface area contributed by atoms with Gasteiger partial charge >= 0.3 is 0 Å². The quantitative estimate of drug-likeness (QED) is 0.773. The standard InChI is InChI=1S/C19H27N5O3/c1-14-4-5-16(27-14)13-24-9-7-20-19(26)17(24)10-18(25)22(2)8-6-15-11-21-23(3)12-15/h4-5,11-12,17H,6-10,13H2,1-3H3,(H,20,26)/t17-/m1/s1. The normalized spacial score (nSPS) is 17.7. The molecule has 0 bridgehead atoms. The van der Waals surface area contributed by atoms with Crippen molar-refractivity contribution >= 4 is 11.8 Å². The van der Waals surface area contributed by atoms with Crippen LogP contribution < -0.4 is 5.32 Å². The Balaban J connectivity index is 1.57. The number of hydrogen-bond acceptors (Lipinski definition) is 5. The SMILES string of the molecule is Cc1ccc(CN2CCNC(=O)[C@H]2CC(=O)N(C)CCc2cnn(C)c2)o1. The Morgan fingerprint density at radius 3 is 2.93 bits per heavy atom. The maximum Gasteiger partial charge on any atom is 0.237 e. The van der Waals surface area contributed by atoms with Gasteiger partial charge in [-0.25, -0.2) is 0 Å². The highest BCUT2D eigenvalue weighted by Crippen LogP contribution is 2.16. The van der Waals surface area contributed by atoms with Crippen LogP contribution in [-0.4, -0.2) is 64.1 Å². The van der Waals surface area contributed by atoms with E-state index < -0.39 is 6.04 Å². The molecular formula is C19H27N5O3. The number of nitrogens with one attached hydrogen (secondary N) is 1. The maximum absolute atomic E-state index is 12.7. The first-order valence-electron chi connectivity index (χ1n) is 9.21. The van der Waals surface area contributed by atoms with Crippen molar-refractivity contribution in [3.05, 3.63) is 41.6 Å². The van der Waals surface area contributed by atoms with E-state index in [2.05, 4.69) is 10.4 Å². The van der Waals surface area contributed by atoms with E-state index in [1.54, 1.807) is 22.8 Å². The monoisotopic (exact) mass is 373 g/mol. The van der Waals surface area contributed by atoms with Gasteiger partial charge in [-0.1, -0.05) is 0 Å². The predicted octanol–water partition coefficient (Wildman–Crippen LogP) is 0.713. The molecule has 8 heteroatoms. The van der Waals surface area contributed by atoms with E-state index in [0.717, 1.165) is 23.5 Å². The fraction of sp³-hybridized carbons (Fsp3) is 0.526. The van der Waals surface area contributed by atoms with Crippen LogP contribution in [0.1, 0.15) is 23.5 Å². The molecule has 1 N–H and O–H groups in total. The Bertz CT molecular complexity index is 797. The van der Waals surface area contributed by atoms with Crippen molar-refractivity contribution < 1.29 is 14.0 Å². The summed E-state index contributed by atoms with van der Waals surface area (Å²) in [5.41, 5.74) is 1.09. The summed E-state index contributed by atoms with van der Waals surface area (Å²) >= 11 is 0. The van der Waals surface area contributed by atoms with Crippen LogP contribution in [0.3, 0.4) is 0 Å². The number of amides is 2. The van der Waals surface area contributed by atoms with Gasteiger partial charge < -0.3 is 14.6 Å². The van der Waals surface area contributed by atoms with Crippen LogP contribution in [0.15, 0.2) is 28.9 Å². The van der Waals surface area contributed by atoms with Crippen LogP contribution in [0.25, 0.3) is 0 Å². The van der Waals surface area contributed by atoms with Gasteiger partial charge in [-0.05, 0) is 31.0 Å². The smallest absolute Gasteiger partial charge is 0.237 e. The van der Waals surface area contributed by atoms with Crippen molar-refractivity contribution in [3.63, 3.8) is 0 Å². The molecule has 1 aliphatic rings. The summed E-state index contributed by atoms with van der Waals surface area (Å²) < 4.78 is 7.38. The van der Waals surface area contributed by atoms with Crippen molar-refractivity contribution in [2.75, 3.05) is 26.7 Å². The zero-order chi connectivity index (χ0) is 19.4. The zero-order valence-corrected chi connectivity index (χ0v) is 16.1. The lowest BCUT2D eigenvalue weighted by molar-refractivity contribution is -0.138. The Hall–Kier alpha value is -2.61. The third-order valence-electron chi connectivity index (χ3n) is 4.88. The summed E-state index contributed by atoms with van der Waals surface area (Å²) in [6.07, 6.45) is 4.65. The minimum Gasteiger partial charge on any atom is -0.465 e. The number of carbonyl (C=O) groups is 2. The Labute approximate surface area is 159 Å². The number of rotatable bonds is 7. The lowest BCUT2D eigenvalue weighted by atomic mass is 10.1. The molecule has 2 aromatic rings. The molecular weight excluding hydrogens is 346 g/mol. The minimum absolute atomic E-state index is 0.0402. The highest BCUT2D eigenvalue weighted by molar-refractivity contribution is 5.88. The second kappa shape index (κ2) is 8.39. The molecule has 2 amide bonds. The summed E-state index contributed by atoms with van der Waals surface area (Å²) in [6, 6.07) is 3.35. The van der Waals surface area contributed by atoms with E-state index in [0.29, 0.717) is 26.2 Å². The third-order valence-corrected chi connectivity index (χ3v) is 4.88. The van der Waals surface area contributed by atoms with E-state index in [1.165, 1.54) is 0 Å². The Morgan fingerprint density at radius 1 is 1.44 bits per heavy atom. The van der Waals surface area contributed by atoms with Gasteiger partial charge in [0.1, 0.15) is 11.5 Å². The maximum atomic E-state index is 12.7. The highest BCUT2D eigenvalue weighted by atomic mass is 16.3. The first-order valence-corrected chi connectivity index (χ1v) is 9.21. The van der Waals surface area contributed by atoms with E-state index in [1.807, 2.05) is 37.2 Å². The van der Waals surface area contributed by atoms with Crippen LogP contribution in [0.2, 0.25) is 0 Å². The second-order valence-electron chi connectivity index (χ2n) is 7.08. The van der Waals surface area contributed by atoms with Crippen LogP contribution >= 0.6 is 0 Å². The van der Waals surface area contributed by atoms with Gasteiger partial charge in [-0.15, -0.1) is 0 Å². The molecule has 0 saturated carbocycles. The molecule has 146 valence electrons. The van der Waals surface area contributed by atoms with Crippen molar-refractivity contribution in [2.24, 2.45) is 7.05 Å². The Kier molecular flexibility index (Phi) is 5.95. The van der Waals surface area contributed by atoms with Gasteiger partial charge in [0, 0.05) is 39.9 Å². The molecule has 1 aliphatic heterocycles. The molecule has 0 spiro atoms. The van der Waals surface area contributed by atoms with E-state index in [-0.39, 0.29) is 18.2 Å². The lowest BCUT2D eigenvalue weighted by Gasteiger charge is -2.34. The number of hydrogen-bond donors (Lipinski definition) is 1. The molecule has 0 unspecified atom stereocenters. The van der Waals surface area contributed by atoms with Crippen LogP contribution in [0.4, 0.5) is 0 Å². The number of carbonyl (C=O) groups excluding carboxylic acids is 2. The van der Waals surface area contributed by atoms with Crippen molar-refractivity contribution in [3.8, 4) is 0 Å². The summed E-state index contributed by atoms with van der Waals surface area (Å²) in [5.74, 6) is 1.51. The molecule has 1 fully saturated rings. The molecule has 27 heavy (non-hydrogen) atoms. The molecule has 8 nitrogen and oxygen atoms in total. The van der Waals surface area contributed by atoms with E-state index in [4.69, 9.17) is 4.42 Å². The molecule has 0 aliphatic carbocycles.